The average molecular weight is 272 g/mol. The minimum atomic E-state index is -0.898. The van der Waals surface area contributed by atoms with E-state index in [9.17, 15) is 4.79 Å². The predicted molar refractivity (Wildman–Crippen MR) is 80.1 cm³/mol. The Hall–Kier alpha value is -0.610. The fourth-order valence-corrected chi connectivity index (χ4v) is 2.33. The Labute approximate surface area is 118 Å². The molecule has 0 fully saturated rings. The van der Waals surface area contributed by atoms with Crippen LogP contribution in [0.15, 0.2) is 0 Å². The zero-order chi connectivity index (χ0) is 14.9. The van der Waals surface area contributed by atoms with E-state index in [0.29, 0.717) is 12.5 Å². The number of carbonyl (C=O) groups excluding carboxylic acids is 1. The highest BCUT2D eigenvalue weighted by Crippen LogP contribution is 2.16. The lowest BCUT2D eigenvalue weighted by Gasteiger charge is -2.33. The fraction of sp³-hybridized carbons (Fsp3) is 0.933. The lowest BCUT2D eigenvalue weighted by atomic mass is 9.94. The monoisotopic (exact) mass is 272 g/mol. The van der Waals surface area contributed by atoms with Crippen molar-refractivity contribution in [3.05, 3.63) is 0 Å². The molecule has 0 aromatic rings. The van der Waals surface area contributed by atoms with Crippen molar-refractivity contribution < 1.29 is 9.53 Å². The number of ether oxygens (including phenoxy) is 1. The molecule has 0 spiro atoms. The van der Waals surface area contributed by atoms with Crippen molar-refractivity contribution in [1.29, 1.82) is 0 Å². The van der Waals surface area contributed by atoms with Crippen molar-refractivity contribution in [2.75, 3.05) is 20.2 Å². The molecule has 4 heteroatoms. The standard InChI is InChI=1S/C15H32N2O2/c1-6-8-10-17(11-9-7-2)13(3)12-15(4,16)14(18)19-5/h13H,6-12,16H2,1-5H3. The molecule has 0 bridgehead atoms. The number of nitrogens with zero attached hydrogens (tertiary/aromatic N) is 1. The van der Waals surface area contributed by atoms with E-state index in [1.54, 1.807) is 6.92 Å². The molecule has 0 radical (unpaired) electrons. The van der Waals surface area contributed by atoms with Crippen LogP contribution in [0.2, 0.25) is 0 Å². The Morgan fingerprint density at radius 1 is 1.26 bits per heavy atom. The number of nitrogens with two attached hydrogens (primary N) is 1. The molecule has 0 rings (SSSR count). The number of methoxy groups -OCH3 is 1. The molecule has 0 saturated heterocycles. The summed E-state index contributed by atoms with van der Waals surface area (Å²) in [7, 11) is 1.39. The first kappa shape index (κ1) is 18.4. The molecule has 114 valence electrons. The molecule has 0 heterocycles. The maximum atomic E-state index is 11.7. The summed E-state index contributed by atoms with van der Waals surface area (Å²) in [6.45, 7) is 10.5. The molecule has 0 aromatic heterocycles. The maximum Gasteiger partial charge on any atom is 0.325 e. The van der Waals surface area contributed by atoms with Crippen LogP contribution in [0.3, 0.4) is 0 Å². The van der Waals surface area contributed by atoms with Crippen molar-refractivity contribution in [3.8, 4) is 0 Å². The largest absolute Gasteiger partial charge is 0.468 e. The van der Waals surface area contributed by atoms with Crippen molar-refractivity contribution in [3.63, 3.8) is 0 Å². The lowest BCUT2D eigenvalue weighted by molar-refractivity contribution is -0.147. The Balaban J connectivity index is 4.51. The van der Waals surface area contributed by atoms with E-state index in [1.165, 1.54) is 32.8 Å². The third kappa shape index (κ3) is 6.92. The smallest absolute Gasteiger partial charge is 0.325 e. The zero-order valence-electron chi connectivity index (χ0n) is 13.4. The highest BCUT2D eigenvalue weighted by atomic mass is 16.5. The van der Waals surface area contributed by atoms with E-state index in [1.807, 2.05) is 0 Å². The van der Waals surface area contributed by atoms with Gasteiger partial charge in [0.25, 0.3) is 0 Å². The number of carbonyl (C=O) groups is 1. The van der Waals surface area contributed by atoms with E-state index < -0.39 is 5.54 Å². The number of rotatable bonds is 10. The van der Waals surface area contributed by atoms with Gasteiger partial charge in [-0.3, -0.25) is 4.79 Å². The molecular weight excluding hydrogens is 240 g/mol. The average Bonchev–Trinajstić information content (AvgIpc) is 2.37. The van der Waals surface area contributed by atoms with E-state index in [-0.39, 0.29) is 5.97 Å². The van der Waals surface area contributed by atoms with Crippen LogP contribution in [0.5, 0.6) is 0 Å². The molecule has 0 aliphatic carbocycles. The van der Waals surface area contributed by atoms with Crippen LogP contribution in [-0.4, -0.2) is 42.6 Å². The molecule has 0 amide bonds. The van der Waals surface area contributed by atoms with Crippen LogP contribution in [0.25, 0.3) is 0 Å². The minimum absolute atomic E-state index is 0.298. The molecule has 0 saturated carbocycles. The molecule has 0 aliphatic heterocycles. The van der Waals surface area contributed by atoms with Crippen molar-refractivity contribution in [2.24, 2.45) is 5.73 Å². The highest BCUT2D eigenvalue weighted by Gasteiger charge is 2.32. The van der Waals surface area contributed by atoms with Gasteiger partial charge in [0.2, 0.25) is 0 Å². The second kappa shape index (κ2) is 9.32. The molecule has 2 N–H and O–H groups in total. The summed E-state index contributed by atoms with van der Waals surface area (Å²) in [5.41, 5.74) is 5.17. The first-order valence-electron chi connectivity index (χ1n) is 7.50. The van der Waals surface area contributed by atoms with Crippen LogP contribution in [-0.2, 0) is 9.53 Å². The summed E-state index contributed by atoms with van der Waals surface area (Å²) in [5, 5.41) is 0. The fourth-order valence-electron chi connectivity index (χ4n) is 2.33. The van der Waals surface area contributed by atoms with Crippen molar-refractivity contribution in [1.82, 2.24) is 4.90 Å². The van der Waals surface area contributed by atoms with Gasteiger partial charge >= 0.3 is 5.97 Å². The van der Waals surface area contributed by atoms with E-state index in [4.69, 9.17) is 10.5 Å². The maximum absolute atomic E-state index is 11.7. The molecule has 19 heavy (non-hydrogen) atoms. The Morgan fingerprint density at radius 3 is 2.11 bits per heavy atom. The van der Waals surface area contributed by atoms with Gasteiger partial charge in [-0.15, -0.1) is 0 Å². The minimum Gasteiger partial charge on any atom is -0.468 e. The van der Waals surface area contributed by atoms with Crippen LogP contribution in [0, 0.1) is 0 Å². The van der Waals surface area contributed by atoms with Gasteiger partial charge in [-0.1, -0.05) is 26.7 Å². The van der Waals surface area contributed by atoms with Gasteiger partial charge in [0.05, 0.1) is 7.11 Å². The molecule has 0 aromatic carbocycles. The van der Waals surface area contributed by atoms with E-state index >= 15 is 0 Å². The number of hydrogen-bond acceptors (Lipinski definition) is 4. The SMILES string of the molecule is CCCCN(CCCC)C(C)CC(C)(N)C(=O)OC. The van der Waals surface area contributed by atoms with Crippen LogP contribution in [0.4, 0.5) is 0 Å². The van der Waals surface area contributed by atoms with Crippen LogP contribution in [0.1, 0.15) is 59.8 Å². The van der Waals surface area contributed by atoms with Gasteiger partial charge in [0.15, 0.2) is 0 Å². The summed E-state index contributed by atoms with van der Waals surface area (Å²) < 4.78 is 4.78. The molecule has 2 unspecified atom stereocenters. The zero-order valence-corrected chi connectivity index (χ0v) is 13.4. The van der Waals surface area contributed by atoms with Crippen LogP contribution >= 0.6 is 0 Å². The Morgan fingerprint density at radius 2 is 1.74 bits per heavy atom. The van der Waals surface area contributed by atoms with Gasteiger partial charge in [-0.05, 0) is 46.2 Å². The molecule has 0 aliphatic rings. The Kier molecular flexibility index (Phi) is 9.02. The van der Waals surface area contributed by atoms with Crippen LogP contribution < -0.4 is 5.73 Å². The van der Waals surface area contributed by atoms with Crippen molar-refractivity contribution >= 4 is 5.97 Å². The second-order valence-corrected chi connectivity index (χ2v) is 5.71. The molecule has 4 nitrogen and oxygen atoms in total. The van der Waals surface area contributed by atoms with Crippen molar-refractivity contribution in [2.45, 2.75) is 71.4 Å². The topological polar surface area (TPSA) is 55.6 Å². The van der Waals surface area contributed by atoms with Gasteiger partial charge < -0.3 is 15.4 Å². The lowest BCUT2D eigenvalue weighted by Crippen LogP contribution is -2.51. The molecule has 2 atom stereocenters. The number of hydrogen-bond donors (Lipinski definition) is 1. The van der Waals surface area contributed by atoms with Gasteiger partial charge in [-0.2, -0.15) is 0 Å². The Bertz CT molecular complexity index is 247. The quantitative estimate of drug-likeness (QED) is 0.621. The normalized spacial score (nSPS) is 16.2. The summed E-state index contributed by atoms with van der Waals surface area (Å²) in [6, 6.07) is 0.298. The highest BCUT2D eigenvalue weighted by molar-refractivity contribution is 5.79. The third-order valence-electron chi connectivity index (χ3n) is 3.59. The number of esters is 1. The summed E-state index contributed by atoms with van der Waals surface area (Å²) in [4.78, 5) is 14.1. The predicted octanol–water partition coefficient (Wildman–Crippen LogP) is 2.56. The first-order valence-corrected chi connectivity index (χ1v) is 7.50. The molecular formula is C15H32N2O2. The second-order valence-electron chi connectivity index (χ2n) is 5.71. The first-order chi connectivity index (χ1) is 8.88. The van der Waals surface area contributed by atoms with E-state index in [2.05, 4.69) is 25.7 Å². The van der Waals surface area contributed by atoms with Gasteiger partial charge in [0, 0.05) is 6.04 Å². The third-order valence-corrected chi connectivity index (χ3v) is 3.59. The summed E-state index contributed by atoms with van der Waals surface area (Å²) in [6.07, 6.45) is 5.38. The summed E-state index contributed by atoms with van der Waals surface area (Å²) >= 11 is 0. The van der Waals surface area contributed by atoms with Gasteiger partial charge in [0.1, 0.15) is 5.54 Å². The summed E-state index contributed by atoms with van der Waals surface area (Å²) in [5.74, 6) is -0.328. The van der Waals surface area contributed by atoms with Gasteiger partial charge in [-0.25, -0.2) is 0 Å². The number of unbranched alkanes of at least 4 members (excludes halogenated alkanes) is 2. The van der Waals surface area contributed by atoms with E-state index in [0.717, 1.165) is 13.1 Å².